The number of rotatable bonds is 3. The topological polar surface area (TPSA) is 50.4 Å². The van der Waals surface area contributed by atoms with Crippen LogP contribution in [-0.4, -0.2) is 19.1 Å². The van der Waals surface area contributed by atoms with Crippen molar-refractivity contribution in [1.82, 2.24) is 5.32 Å². The van der Waals surface area contributed by atoms with Crippen LogP contribution in [0.5, 0.6) is 5.75 Å². The monoisotopic (exact) mass is 220 g/mol. The van der Waals surface area contributed by atoms with Gasteiger partial charge in [0.1, 0.15) is 11.8 Å². The zero-order valence-electron chi connectivity index (χ0n) is 9.70. The fraction of sp³-hybridized carbons (Fsp3) is 0.417. The van der Waals surface area contributed by atoms with Gasteiger partial charge in [-0.25, -0.2) is 0 Å². The number of anilines is 1. The molecule has 1 heterocycles. The summed E-state index contributed by atoms with van der Waals surface area (Å²) in [6, 6.07) is 5.59. The predicted octanol–water partition coefficient (Wildman–Crippen LogP) is 1.69. The van der Waals surface area contributed by atoms with Crippen molar-refractivity contribution < 1.29 is 9.53 Å². The summed E-state index contributed by atoms with van der Waals surface area (Å²) in [4.78, 5) is 11.8. The van der Waals surface area contributed by atoms with Crippen molar-refractivity contribution in [1.29, 1.82) is 0 Å². The molecule has 0 radical (unpaired) electrons. The summed E-state index contributed by atoms with van der Waals surface area (Å²) in [7, 11) is 1.62. The molecular formula is C12H16N2O2. The Bertz CT molecular complexity index is 415. The average Bonchev–Trinajstić information content (AvgIpc) is 2.54. The van der Waals surface area contributed by atoms with E-state index in [1.54, 1.807) is 7.11 Å². The molecule has 0 bridgehead atoms. The second kappa shape index (κ2) is 4.14. The number of hydrogen-bond donors (Lipinski definition) is 2. The zero-order chi connectivity index (χ0) is 11.7. The number of amides is 1. The minimum absolute atomic E-state index is 0.00282. The van der Waals surface area contributed by atoms with Crippen LogP contribution < -0.4 is 15.4 Å². The third kappa shape index (κ3) is 1.88. The molecule has 1 aromatic carbocycles. The lowest BCUT2D eigenvalue weighted by molar-refractivity contribution is -0.117. The van der Waals surface area contributed by atoms with Crippen LogP contribution in [0.4, 0.5) is 5.69 Å². The third-order valence-electron chi connectivity index (χ3n) is 2.59. The Labute approximate surface area is 95.0 Å². The van der Waals surface area contributed by atoms with Gasteiger partial charge in [-0.2, -0.15) is 0 Å². The molecule has 0 fully saturated rings. The van der Waals surface area contributed by atoms with Crippen molar-refractivity contribution in [3.63, 3.8) is 0 Å². The molecule has 1 atom stereocenters. The van der Waals surface area contributed by atoms with E-state index in [2.05, 4.69) is 10.6 Å². The standard InChI is InChI=1S/C12H16N2O2/c1-7(2)13-11-9-6-8(16-3)4-5-10(9)14-12(11)15/h4-7,11,13H,1-3H3,(H,14,15). The molecule has 0 aromatic heterocycles. The fourth-order valence-corrected chi connectivity index (χ4v) is 1.87. The molecule has 0 saturated carbocycles. The maximum atomic E-state index is 11.8. The van der Waals surface area contributed by atoms with E-state index in [9.17, 15) is 4.79 Å². The third-order valence-corrected chi connectivity index (χ3v) is 2.59. The second-order valence-electron chi connectivity index (χ2n) is 4.20. The van der Waals surface area contributed by atoms with Gasteiger partial charge in [0.15, 0.2) is 0 Å². The van der Waals surface area contributed by atoms with Gasteiger partial charge < -0.3 is 10.1 Å². The Morgan fingerprint density at radius 3 is 2.81 bits per heavy atom. The highest BCUT2D eigenvalue weighted by molar-refractivity contribution is 6.02. The van der Waals surface area contributed by atoms with Gasteiger partial charge in [-0.15, -0.1) is 0 Å². The summed E-state index contributed by atoms with van der Waals surface area (Å²) in [5.74, 6) is 0.766. The molecule has 1 aliphatic heterocycles. The smallest absolute Gasteiger partial charge is 0.246 e. The Morgan fingerprint density at radius 1 is 1.44 bits per heavy atom. The van der Waals surface area contributed by atoms with Gasteiger partial charge in [0.2, 0.25) is 5.91 Å². The van der Waals surface area contributed by atoms with Gasteiger partial charge in [-0.1, -0.05) is 0 Å². The maximum absolute atomic E-state index is 11.8. The van der Waals surface area contributed by atoms with E-state index >= 15 is 0 Å². The summed E-state index contributed by atoms with van der Waals surface area (Å²) < 4.78 is 5.16. The number of methoxy groups -OCH3 is 1. The molecule has 4 nitrogen and oxygen atoms in total. The van der Waals surface area contributed by atoms with Crippen LogP contribution >= 0.6 is 0 Å². The van der Waals surface area contributed by atoms with Crippen molar-refractivity contribution in [2.45, 2.75) is 25.9 Å². The Morgan fingerprint density at radius 2 is 2.19 bits per heavy atom. The Hall–Kier alpha value is -1.55. The van der Waals surface area contributed by atoms with E-state index < -0.39 is 0 Å². The highest BCUT2D eigenvalue weighted by Crippen LogP contribution is 2.33. The van der Waals surface area contributed by atoms with Gasteiger partial charge in [-0.3, -0.25) is 10.1 Å². The van der Waals surface area contributed by atoms with Crippen LogP contribution in [0.1, 0.15) is 25.5 Å². The van der Waals surface area contributed by atoms with E-state index in [0.717, 1.165) is 17.0 Å². The quantitative estimate of drug-likeness (QED) is 0.815. The van der Waals surface area contributed by atoms with Crippen molar-refractivity contribution in [3.8, 4) is 5.75 Å². The SMILES string of the molecule is COc1ccc2c(c1)C(NC(C)C)C(=O)N2. The largest absolute Gasteiger partial charge is 0.497 e. The molecule has 1 aromatic rings. The van der Waals surface area contributed by atoms with Crippen molar-refractivity contribution in [3.05, 3.63) is 23.8 Å². The first-order valence-corrected chi connectivity index (χ1v) is 5.36. The lowest BCUT2D eigenvalue weighted by Gasteiger charge is -2.14. The first kappa shape index (κ1) is 11.0. The highest BCUT2D eigenvalue weighted by atomic mass is 16.5. The predicted molar refractivity (Wildman–Crippen MR) is 62.6 cm³/mol. The summed E-state index contributed by atoms with van der Waals surface area (Å²) in [6.07, 6.45) is 0. The van der Waals surface area contributed by atoms with Crippen LogP contribution in [0.15, 0.2) is 18.2 Å². The van der Waals surface area contributed by atoms with E-state index in [-0.39, 0.29) is 18.0 Å². The molecule has 86 valence electrons. The molecule has 2 N–H and O–H groups in total. The van der Waals surface area contributed by atoms with Gasteiger partial charge in [0, 0.05) is 17.3 Å². The van der Waals surface area contributed by atoms with Crippen molar-refractivity contribution in [2.24, 2.45) is 0 Å². The van der Waals surface area contributed by atoms with E-state index in [4.69, 9.17) is 4.74 Å². The van der Waals surface area contributed by atoms with Gasteiger partial charge in [0.05, 0.1) is 7.11 Å². The second-order valence-corrected chi connectivity index (χ2v) is 4.20. The molecular weight excluding hydrogens is 204 g/mol. The molecule has 0 saturated heterocycles. The number of hydrogen-bond acceptors (Lipinski definition) is 3. The van der Waals surface area contributed by atoms with Crippen LogP contribution in [0, 0.1) is 0 Å². The minimum Gasteiger partial charge on any atom is -0.497 e. The van der Waals surface area contributed by atoms with E-state index in [1.165, 1.54) is 0 Å². The van der Waals surface area contributed by atoms with Crippen molar-refractivity contribution in [2.75, 3.05) is 12.4 Å². The van der Waals surface area contributed by atoms with Crippen LogP contribution in [0.25, 0.3) is 0 Å². The Balaban J connectivity index is 2.34. The number of carbonyl (C=O) groups excluding carboxylic acids is 1. The summed E-state index contributed by atoms with van der Waals surface area (Å²) in [6.45, 7) is 4.04. The Kier molecular flexibility index (Phi) is 2.83. The van der Waals surface area contributed by atoms with Gasteiger partial charge >= 0.3 is 0 Å². The van der Waals surface area contributed by atoms with Gasteiger partial charge in [-0.05, 0) is 32.0 Å². The maximum Gasteiger partial charge on any atom is 0.246 e. The minimum atomic E-state index is -0.273. The molecule has 0 spiro atoms. The molecule has 1 unspecified atom stereocenters. The average molecular weight is 220 g/mol. The number of benzene rings is 1. The summed E-state index contributed by atoms with van der Waals surface area (Å²) in [5.41, 5.74) is 1.82. The molecule has 0 aliphatic carbocycles. The van der Waals surface area contributed by atoms with Crippen LogP contribution in [0.2, 0.25) is 0 Å². The zero-order valence-corrected chi connectivity index (χ0v) is 9.70. The molecule has 1 aliphatic rings. The summed E-state index contributed by atoms with van der Waals surface area (Å²) in [5, 5.41) is 6.08. The lowest BCUT2D eigenvalue weighted by atomic mass is 10.1. The first-order valence-electron chi connectivity index (χ1n) is 5.36. The van der Waals surface area contributed by atoms with Crippen molar-refractivity contribution >= 4 is 11.6 Å². The molecule has 1 amide bonds. The molecule has 4 heteroatoms. The number of ether oxygens (including phenoxy) is 1. The van der Waals surface area contributed by atoms with E-state index in [1.807, 2.05) is 32.0 Å². The highest BCUT2D eigenvalue weighted by Gasteiger charge is 2.30. The number of fused-ring (bicyclic) bond motifs is 1. The molecule has 2 rings (SSSR count). The first-order chi connectivity index (χ1) is 7.61. The fourth-order valence-electron chi connectivity index (χ4n) is 1.87. The molecule has 16 heavy (non-hydrogen) atoms. The number of carbonyl (C=O) groups is 1. The summed E-state index contributed by atoms with van der Waals surface area (Å²) >= 11 is 0. The van der Waals surface area contributed by atoms with Crippen LogP contribution in [-0.2, 0) is 4.79 Å². The lowest BCUT2D eigenvalue weighted by Crippen LogP contribution is -2.32. The van der Waals surface area contributed by atoms with Gasteiger partial charge in [0.25, 0.3) is 0 Å². The van der Waals surface area contributed by atoms with E-state index in [0.29, 0.717) is 0 Å². The number of nitrogens with one attached hydrogen (secondary N) is 2. The normalized spacial score (nSPS) is 18.5. The van der Waals surface area contributed by atoms with Crippen LogP contribution in [0.3, 0.4) is 0 Å².